The van der Waals surface area contributed by atoms with Crippen LogP contribution in [0.5, 0.6) is 0 Å². The van der Waals surface area contributed by atoms with Crippen LogP contribution in [-0.2, 0) is 6.42 Å². The standard InChI is InChI=1S/C8H12ClNS2/c9-8-2-1-7(12-8)3-4-10-5-6-11/h1-2,10-11H,3-6H2. The van der Waals surface area contributed by atoms with Crippen molar-refractivity contribution in [3.63, 3.8) is 0 Å². The van der Waals surface area contributed by atoms with Crippen molar-refractivity contribution in [2.75, 3.05) is 18.8 Å². The second kappa shape index (κ2) is 5.86. The molecule has 1 N–H and O–H groups in total. The first-order valence-electron chi connectivity index (χ1n) is 3.88. The number of rotatable bonds is 5. The fourth-order valence-corrected chi connectivity index (χ4v) is 2.15. The Morgan fingerprint density at radius 1 is 1.42 bits per heavy atom. The minimum Gasteiger partial charge on any atom is -0.316 e. The summed E-state index contributed by atoms with van der Waals surface area (Å²) in [6.07, 6.45) is 1.06. The van der Waals surface area contributed by atoms with E-state index >= 15 is 0 Å². The molecule has 1 aromatic heterocycles. The van der Waals surface area contributed by atoms with Gasteiger partial charge in [-0.15, -0.1) is 11.3 Å². The summed E-state index contributed by atoms with van der Waals surface area (Å²) in [6.45, 7) is 1.99. The molecule has 0 aliphatic heterocycles. The first-order valence-corrected chi connectivity index (χ1v) is 5.71. The molecule has 0 saturated heterocycles. The molecule has 0 unspecified atom stereocenters. The van der Waals surface area contributed by atoms with Crippen molar-refractivity contribution in [1.29, 1.82) is 0 Å². The zero-order valence-corrected chi connectivity index (χ0v) is 9.18. The van der Waals surface area contributed by atoms with E-state index in [1.165, 1.54) is 4.88 Å². The molecule has 0 aliphatic carbocycles. The lowest BCUT2D eigenvalue weighted by Gasteiger charge is -1.99. The van der Waals surface area contributed by atoms with Crippen LogP contribution in [0.2, 0.25) is 4.34 Å². The summed E-state index contributed by atoms with van der Waals surface area (Å²) in [5.74, 6) is 0.894. The molecule has 0 bridgehead atoms. The minimum absolute atomic E-state index is 0.874. The molecule has 0 spiro atoms. The fraction of sp³-hybridized carbons (Fsp3) is 0.500. The van der Waals surface area contributed by atoms with Gasteiger partial charge in [-0.2, -0.15) is 12.6 Å². The molecule has 4 heteroatoms. The summed E-state index contributed by atoms with van der Waals surface area (Å²) >= 11 is 11.5. The molecule has 0 saturated carbocycles. The van der Waals surface area contributed by atoms with Gasteiger partial charge in [0.25, 0.3) is 0 Å². The van der Waals surface area contributed by atoms with Crippen molar-refractivity contribution in [3.05, 3.63) is 21.3 Å². The molecule has 12 heavy (non-hydrogen) atoms. The van der Waals surface area contributed by atoms with E-state index in [0.29, 0.717) is 0 Å². The number of thiol groups is 1. The van der Waals surface area contributed by atoms with E-state index in [1.807, 2.05) is 6.07 Å². The molecule has 0 atom stereocenters. The molecular formula is C8H12ClNS2. The van der Waals surface area contributed by atoms with Crippen LogP contribution in [0.1, 0.15) is 4.88 Å². The van der Waals surface area contributed by atoms with E-state index in [2.05, 4.69) is 24.0 Å². The topological polar surface area (TPSA) is 12.0 Å². The zero-order chi connectivity index (χ0) is 8.81. The van der Waals surface area contributed by atoms with Crippen LogP contribution in [0, 0.1) is 0 Å². The van der Waals surface area contributed by atoms with Crippen molar-refractivity contribution in [1.82, 2.24) is 5.32 Å². The molecule has 0 aliphatic rings. The summed E-state index contributed by atoms with van der Waals surface area (Å²) in [5, 5.41) is 3.28. The maximum atomic E-state index is 5.79. The van der Waals surface area contributed by atoms with Crippen molar-refractivity contribution >= 4 is 35.6 Å². The minimum atomic E-state index is 0.874. The average Bonchev–Trinajstić information content (AvgIpc) is 2.45. The number of hydrogen-bond acceptors (Lipinski definition) is 3. The van der Waals surface area contributed by atoms with E-state index in [9.17, 15) is 0 Å². The summed E-state index contributed by atoms with van der Waals surface area (Å²) < 4.78 is 0.874. The molecule has 0 radical (unpaired) electrons. The molecule has 0 fully saturated rings. The van der Waals surface area contributed by atoms with Gasteiger partial charge in [-0.25, -0.2) is 0 Å². The summed E-state index contributed by atoms with van der Waals surface area (Å²) in [4.78, 5) is 1.34. The van der Waals surface area contributed by atoms with Gasteiger partial charge in [0.1, 0.15) is 0 Å². The Labute approximate surface area is 87.5 Å². The van der Waals surface area contributed by atoms with Gasteiger partial charge >= 0.3 is 0 Å². The second-order valence-electron chi connectivity index (χ2n) is 2.43. The second-order valence-corrected chi connectivity index (χ2v) is 4.68. The maximum Gasteiger partial charge on any atom is 0.0931 e. The fourth-order valence-electron chi connectivity index (χ4n) is 0.902. The van der Waals surface area contributed by atoms with Crippen LogP contribution in [0.3, 0.4) is 0 Å². The number of nitrogens with one attached hydrogen (secondary N) is 1. The molecule has 1 nitrogen and oxygen atoms in total. The lowest BCUT2D eigenvalue weighted by molar-refractivity contribution is 0.726. The lowest BCUT2D eigenvalue weighted by Crippen LogP contribution is -2.18. The van der Waals surface area contributed by atoms with E-state index < -0.39 is 0 Å². The van der Waals surface area contributed by atoms with Gasteiger partial charge in [-0.3, -0.25) is 0 Å². The zero-order valence-electron chi connectivity index (χ0n) is 6.72. The van der Waals surface area contributed by atoms with Crippen molar-refractivity contribution in [2.24, 2.45) is 0 Å². The summed E-state index contributed by atoms with van der Waals surface area (Å²) in [5.41, 5.74) is 0. The molecule has 1 rings (SSSR count). The predicted octanol–water partition coefficient (Wildman–Crippen LogP) is 2.46. The van der Waals surface area contributed by atoms with Crippen molar-refractivity contribution < 1.29 is 0 Å². The quantitative estimate of drug-likeness (QED) is 0.575. The first kappa shape index (κ1) is 10.4. The lowest BCUT2D eigenvalue weighted by atomic mass is 10.3. The van der Waals surface area contributed by atoms with Crippen LogP contribution >= 0.6 is 35.6 Å². The highest BCUT2D eigenvalue weighted by atomic mass is 35.5. The van der Waals surface area contributed by atoms with Crippen molar-refractivity contribution in [2.45, 2.75) is 6.42 Å². The molecule has 1 heterocycles. The molecule has 0 amide bonds. The Morgan fingerprint density at radius 3 is 2.83 bits per heavy atom. The predicted molar refractivity (Wildman–Crippen MR) is 59.8 cm³/mol. The van der Waals surface area contributed by atoms with Crippen LogP contribution in [-0.4, -0.2) is 18.8 Å². The van der Waals surface area contributed by atoms with Crippen LogP contribution in [0.25, 0.3) is 0 Å². The Kier molecular flexibility index (Phi) is 5.07. The molecule has 1 aromatic rings. The van der Waals surface area contributed by atoms with Gasteiger partial charge in [-0.1, -0.05) is 11.6 Å². The van der Waals surface area contributed by atoms with Crippen molar-refractivity contribution in [3.8, 4) is 0 Å². The molecular weight excluding hydrogens is 210 g/mol. The van der Waals surface area contributed by atoms with E-state index in [0.717, 1.165) is 29.6 Å². The normalized spacial score (nSPS) is 10.5. The van der Waals surface area contributed by atoms with E-state index in [-0.39, 0.29) is 0 Å². The van der Waals surface area contributed by atoms with Crippen LogP contribution in [0.15, 0.2) is 12.1 Å². The third-order valence-corrected chi connectivity index (χ3v) is 2.98. The molecule has 0 aromatic carbocycles. The third kappa shape index (κ3) is 3.81. The van der Waals surface area contributed by atoms with E-state index in [4.69, 9.17) is 11.6 Å². The summed E-state index contributed by atoms with van der Waals surface area (Å²) in [7, 11) is 0. The summed E-state index contributed by atoms with van der Waals surface area (Å²) in [6, 6.07) is 4.02. The maximum absolute atomic E-state index is 5.79. The van der Waals surface area contributed by atoms with Gasteiger partial charge in [-0.05, 0) is 25.1 Å². The Hall–Kier alpha value is 0.300. The van der Waals surface area contributed by atoms with Crippen LogP contribution in [0.4, 0.5) is 0 Å². The average molecular weight is 222 g/mol. The third-order valence-electron chi connectivity index (χ3n) is 1.47. The SMILES string of the molecule is SCCNCCc1ccc(Cl)s1. The van der Waals surface area contributed by atoms with Gasteiger partial charge < -0.3 is 5.32 Å². The molecule has 68 valence electrons. The first-order chi connectivity index (χ1) is 5.83. The van der Waals surface area contributed by atoms with Gasteiger partial charge in [0.05, 0.1) is 4.34 Å². The monoisotopic (exact) mass is 221 g/mol. The Morgan fingerprint density at radius 2 is 2.25 bits per heavy atom. The highest BCUT2D eigenvalue weighted by Gasteiger charge is 1.96. The number of halogens is 1. The Balaban J connectivity index is 2.15. The number of hydrogen-bond donors (Lipinski definition) is 2. The number of thiophene rings is 1. The van der Waals surface area contributed by atoms with E-state index in [1.54, 1.807) is 11.3 Å². The largest absolute Gasteiger partial charge is 0.316 e. The highest BCUT2D eigenvalue weighted by molar-refractivity contribution is 7.80. The smallest absolute Gasteiger partial charge is 0.0931 e. The Bertz CT molecular complexity index is 225. The van der Waals surface area contributed by atoms with Crippen LogP contribution < -0.4 is 5.32 Å². The van der Waals surface area contributed by atoms with Gasteiger partial charge in [0, 0.05) is 17.2 Å². The highest BCUT2D eigenvalue weighted by Crippen LogP contribution is 2.21. The van der Waals surface area contributed by atoms with Gasteiger partial charge in [0.15, 0.2) is 0 Å². The van der Waals surface area contributed by atoms with Gasteiger partial charge in [0.2, 0.25) is 0 Å².